The average Bonchev–Trinajstić information content (AvgIpc) is 3.33. The molecular weight excluding hydrogens is 536 g/mol. The van der Waals surface area contributed by atoms with E-state index in [-0.39, 0.29) is 22.6 Å². The molecule has 0 amide bonds. The molecule has 1 atom stereocenters. The largest absolute Gasteiger partial charge is 0.496 e. The second-order valence-corrected chi connectivity index (χ2v) is 15.0. The molecule has 3 aromatic rings. The Morgan fingerprint density at radius 3 is 1.59 bits per heavy atom. The Bertz CT molecular complexity index is 1480. The molecule has 1 unspecified atom stereocenters. The molecular formula is C30H34O7S2. The van der Waals surface area contributed by atoms with Crippen molar-refractivity contribution in [3.63, 3.8) is 0 Å². The molecule has 0 saturated heterocycles. The van der Waals surface area contributed by atoms with E-state index >= 15 is 0 Å². The van der Waals surface area contributed by atoms with Gasteiger partial charge in [-0.3, -0.25) is 0 Å². The highest BCUT2D eigenvalue weighted by molar-refractivity contribution is 8.10. The molecule has 208 valence electrons. The summed E-state index contributed by atoms with van der Waals surface area (Å²) in [5.41, 5.74) is 0.364. The SMILES string of the molecule is C=C1CC(S(=O)(=O)c2ccccc2)(S(=O)(=O)c2ccccc2)CC1C(C)(C)c1c(OC)cc(OC)cc1OC. The van der Waals surface area contributed by atoms with Crippen LogP contribution in [0.15, 0.2) is 94.7 Å². The second-order valence-electron chi connectivity index (χ2n) is 10.3. The molecule has 1 saturated carbocycles. The third kappa shape index (κ3) is 4.51. The van der Waals surface area contributed by atoms with Crippen LogP contribution in [0.1, 0.15) is 32.3 Å². The lowest BCUT2D eigenvalue weighted by Gasteiger charge is -2.36. The van der Waals surface area contributed by atoms with Crippen molar-refractivity contribution < 1.29 is 31.0 Å². The zero-order chi connectivity index (χ0) is 28.6. The van der Waals surface area contributed by atoms with Gasteiger partial charge >= 0.3 is 0 Å². The number of sulfone groups is 2. The van der Waals surface area contributed by atoms with E-state index in [1.54, 1.807) is 48.5 Å². The monoisotopic (exact) mass is 570 g/mol. The summed E-state index contributed by atoms with van der Waals surface area (Å²) in [6.07, 6.45) is -0.429. The van der Waals surface area contributed by atoms with E-state index in [1.165, 1.54) is 45.6 Å². The molecule has 0 radical (unpaired) electrons. The van der Waals surface area contributed by atoms with Gasteiger partial charge in [-0.15, -0.1) is 0 Å². The number of allylic oxidation sites excluding steroid dienone is 1. The van der Waals surface area contributed by atoms with Gasteiger partial charge in [-0.1, -0.05) is 62.4 Å². The first kappa shape index (κ1) is 28.7. The van der Waals surface area contributed by atoms with Crippen molar-refractivity contribution in [1.29, 1.82) is 0 Å². The third-order valence-corrected chi connectivity index (χ3v) is 13.5. The van der Waals surface area contributed by atoms with Crippen LogP contribution in [0.2, 0.25) is 0 Å². The summed E-state index contributed by atoms with van der Waals surface area (Å²) in [5.74, 6) is 0.948. The van der Waals surface area contributed by atoms with E-state index in [9.17, 15) is 16.8 Å². The highest BCUT2D eigenvalue weighted by Crippen LogP contribution is 2.58. The molecule has 0 spiro atoms. The lowest BCUT2D eigenvalue weighted by atomic mass is 9.70. The van der Waals surface area contributed by atoms with Crippen molar-refractivity contribution in [3.8, 4) is 17.2 Å². The Balaban J connectivity index is 1.96. The Kier molecular flexibility index (Phi) is 7.62. The maximum atomic E-state index is 14.4. The van der Waals surface area contributed by atoms with Crippen LogP contribution in [0.5, 0.6) is 17.2 Å². The van der Waals surface area contributed by atoms with Crippen LogP contribution < -0.4 is 14.2 Å². The van der Waals surface area contributed by atoms with Crippen molar-refractivity contribution in [2.45, 2.75) is 46.0 Å². The van der Waals surface area contributed by atoms with E-state index in [0.29, 0.717) is 28.4 Å². The van der Waals surface area contributed by atoms with Gasteiger partial charge in [0.05, 0.1) is 31.1 Å². The molecule has 0 N–H and O–H groups in total. The quantitative estimate of drug-likeness (QED) is 0.309. The zero-order valence-corrected chi connectivity index (χ0v) is 24.4. The van der Waals surface area contributed by atoms with Crippen LogP contribution in [0, 0.1) is 5.92 Å². The Morgan fingerprint density at radius 1 is 0.769 bits per heavy atom. The molecule has 1 aliphatic carbocycles. The van der Waals surface area contributed by atoms with E-state index in [1.807, 2.05) is 13.8 Å². The summed E-state index contributed by atoms with van der Waals surface area (Å²) >= 11 is 0. The predicted molar refractivity (Wildman–Crippen MR) is 151 cm³/mol. The number of methoxy groups -OCH3 is 3. The summed E-state index contributed by atoms with van der Waals surface area (Å²) < 4.78 is 72.2. The van der Waals surface area contributed by atoms with Gasteiger partial charge < -0.3 is 14.2 Å². The first-order chi connectivity index (χ1) is 18.4. The van der Waals surface area contributed by atoms with Gasteiger partial charge in [-0.25, -0.2) is 16.8 Å². The lowest BCUT2D eigenvalue weighted by molar-refractivity contribution is 0.313. The van der Waals surface area contributed by atoms with Crippen molar-refractivity contribution in [2.24, 2.45) is 5.92 Å². The lowest BCUT2D eigenvalue weighted by Crippen LogP contribution is -2.45. The van der Waals surface area contributed by atoms with Gasteiger partial charge in [0, 0.05) is 29.5 Å². The molecule has 1 aliphatic rings. The first-order valence-electron chi connectivity index (χ1n) is 12.4. The molecule has 3 aromatic carbocycles. The fourth-order valence-corrected chi connectivity index (χ4v) is 10.9. The van der Waals surface area contributed by atoms with Crippen molar-refractivity contribution in [1.82, 2.24) is 0 Å². The van der Waals surface area contributed by atoms with Gasteiger partial charge in [0.2, 0.25) is 0 Å². The van der Waals surface area contributed by atoms with Crippen molar-refractivity contribution >= 4 is 19.7 Å². The zero-order valence-electron chi connectivity index (χ0n) is 22.8. The van der Waals surface area contributed by atoms with E-state index in [4.69, 9.17) is 14.2 Å². The summed E-state index contributed by atoms with van der Waals surface area (Å²) in [7, 11) is -4.18. The van der Waals surface area contributed by atoms with Gasteiger partial charge in [-0.05, 0) is 36.6 Å². The predicted octanol–water partition coefficient (Wildman–Crippen LogP) is 5.60. The molecule has 0 bridgehead atoms. The topological polar surface area (TPSA) is 96.0 Å². The van der Waals surface area contributed by atoms with Crippen LogP contribution in [0.4, 0.5) is 0 Å². The Morgan fingerprint density at radius 2 is 1.21 bits per heavy atom. The number of hydrogen-bond donors (Lipinski definition) is 0. The second kappa shape index (κ2) is 10.4. The molecule has 9 heteroatoms. The standard InChI is InChI=1S/C30H34O7S2/c1-21-19-30(38(31,32)23-13-9-7-10-14-23,39(33,34)24-15-11-8-12-16-24)20-25(21)29(2,3)28-26(36-5)17-22(35-4)18-27(28)37-6/h7-18,25H,1,19-20H2,2-6H3. The minimum atomic E-state index is -4.39. The number of hydrogen-bond acceptors (Lipinski definition) is 7. The van der Waals surface area contributed by atoms with Gasteiger partial charge in [0.1, 0.15) is 17.2 Å². The highest BCUT2D eigenvalue weighted by atomic mass is 32.3. The first-order valence-corrected chi connectivity index (χ1v) is 15.4. The smallest absolute Gasteiger partial charge is 0.199 e. The molecule has 0 heterocycles. The van der Waals surface area contributed by atoms with Crippen molar-refractivity contribution in [3.05, 3.63) is 90.5 Å². The van der Waals surface area contributed by atoms with Crippen LogP contribution in [-0.2, 0) is 25.1 Å². The maximum absolute atomic E-state index is 14.4. The average molecular weight is 571 g/mol. The number of benzene rings is 3. The minimum absolute atomic E-state index is 0.0460. The molecule has 1 fully saturated rings. The Hall–Kier alpha value is -3.30. The van der Waals surface area contributed by atoms with Crippen LogP contribution in [0.3, 0.4) is 0 Å². The van der Waals surface area contributed by atoms with Crippen LogP contribution in [0.25, 0.3) is 0 Å². The van der Waals surface area contributed by atoms with E-state index in [2.05, 4.69) is 6.58 Å². The molecule has 39 heavy (non-hydrogen) atoms. The summed E-state index contributed by atoms with van der Waals surface area (Å²) in [4.78, 5) is -0.0919. The van der Waals surface area contributed by atoms with Crippen LogP contribution in [-0.4, -0.2) is 42.2 Å². The number of rotatable bonds is 9. The van der Waals surface area contributed by atoms with Gasteiger partial charge in [0.15, 0.2) is 23.8 Å². The highest BCUT2D eigenvalue weighted by Gasteiger charge is 2.63. The fraction of sp³-hybridized carbons (Fsp3) is 0.333. The molecule has 0 aliphatic heterocycles. The third-order valence-electron chi connectivity index (χ3n) is 7.82. The summed E-state index contributed by atoms with van der Waals surface area (Å²) in [6, 6.07) is 19.0. The normalized spacial score (nSPS) is 17.6. The maximum Gasteiger partial charge on any atom is 0.199 e. The van der Waals surface area contributed by atoms with Gasteiger partial charge in [-0.2, -0.15) is 0 Å². The van der Waals surface area contributed by atoms with E-state index < -0.39 is 35.1 Å². The summed E-state index contributed by atoms with van der Waals surface area (Å²) in [6.45, 7) is 8.10. The number of ether oxygens (including phenoxy) is 3. The van der Waals surface area contributed by atoms with E-state index in [0.717, 1.165) is 0 Å². The fourth-order valence-electron chi connectivity index (χ4n) is 5.76. The van der Waals surface area contributed by atoms with Crippen molar-refractivity contribution in [2.75, 3.05) is 21.3 Å². The molecule has 0 aromatic heterocycles. The van der Waals surface area contributed by atoms with Gasteiger partial charge in [0.25, 0.3) is 0 Å². The Labute approximate surface area is 231 Å². The molecule has 7 nitrogen and oxygen atoms in total. The minimum Gasteiger partial charge on any atom is -0.496 e. The molecule has 4 rings (SSSR count). The van der Waals surface area contributed by atoms with Crippen LogP contribution >= 0.6 is 0 Å². The summed E-state index contributed by atoms with van der Waals surface area (Å²) in [5, 5.41) is 0.